The Kier molecular flexibility index (Phi) is 4.07. The monoisotopic (exact) mass is 291 g/mol. The maximum absolute atomic E-state index is 4.82. The van der Waals surface area contributed by atoms with Crippen molar-refractivity contribution in [1.82, 2.24) is 15.1 Å². The SMILES string of the molecule is CNCc1cn(-c2ccccc2)nc1-c1ccc(C)c(C)c1. The molecular weight excluding hydrogens is 270 g/mol. The highest BCUT2D eigenvalue weighted by Crippen LogP contribution is 2.25. The molecule has 112 valence electrons. The van der Waals surface area contributed by atoms with Crippen molar-refractivity contribution in [2.45, 2.75) is 20.4 Å². The number of aryl methyl sites for hydroxylation is 2. The number of nitrogens with one attached hydrogen (secondary N) is 1. The lowest BCUT2D eigenvalue weighted by atomic mass is 10.0. The fourth-order valence-electron chi connectivity index (χ4n) is 2.57. The minimum atomic E-state index is 0.801. The number of hydrogen-bond acceptors (Lipinski definition) is 2. The van der Waals surface area contributed by atoms with Crippen LogP contribution in [0.3, 0.4) is 0 Å². The predicted octanol–water partition coefficient (Wildman–Crippen LogP) is 3.88. The Balaban J connectivity index is 2.09. The second kappa shape index (κ2) is 6.16. The molecule has 0 amide bonds. The van der Waals surface area contributed by atoms with Crippen molar-refractivity contribution in [3.63, 3.8) is 0 Å². The highest BCUT2D eigenvalue weighted by Gasteiger charge is 2.12. The highest BCUT2D eigenvalue weighted by atomic mass is 15.3. The third kappa shape index (κ3) is 2.81. The van der Waals surface area contributed by atoms with Crippen molar-refractivity contribution < 1.29 is 0 Å². The molecule has 2 aromatic carbocycles. The van der Waals surface area contributed by atoms with Crippen molar-refractivity contribution >= 4 is 0 Å². The minimum absolute atomic E-state index is 0.801. The molecule has 0 aliphatic rings. The number of aromatic nitrogens is 2. The van der Waals surface area contributed by atoms with Crippen LogP contribution in [0.4, 0.5) is 0 Å². The largest absolute Gasteiger partial charge is 0.316 e. The first-order valence-electron chi connectivity index (χ1n) is 7.55. The lowest BCUT2D eigenvalue weighted by Crippen LogP contribution is -2.05. The zero-order chi connectivity index (χ0) is 15.5. The summed E-state index contributed by atoms with van der Waals surface area (Å²) in [4.78, 5) is 0. The van der Waals surface area contributed by atoms with Crippen molar-refractivity contribution in [1.29, 1.82) is 0 Å². The summed E-state index contributed by atoms with van der Waals surface area (Å²) in [5.41, 5.74) is 7.09. The van der Waals surface area contributed by atoms with Gasteiger partial charge in [0.05, 0.1) is 11.4 Å². The Hall–Kier alpha value is -2.39. The van der Waals surface area contributed by atoms with E-state index < -0.39 is 0 Å². The van der Waals surface area contributed by atoms with E-state index >= 15 is 0 Å². The molecule has 1 aromatic heterocycles. The fourth-order valence-corrected chi connectivity index (χ4v) is 2.57. The molecule has 0 aliphatic carbocycles. The van der Waals surface area contributed by atoms with Crippen molar-refractivity contribution in [2.75, 3.05) is 7.05 Å². The smallest absolute Gasteiger partial charge is 0.0972 e. The zero-order valence-corrected chi connectivity index (χ0v) is 13.3. The van der Waals surface area contributed by atoms with E-state index in [1.54, 1.807) is 0 Å². The van der Waals surface area contributed by atoms with Gasteiger partial charge in [0.15, 0.2) is 0 Å². The van der Waals surface area contributed by atoms with Gasteiger partial charge in [-0.3, -0.25) is 0 Å². The standard InChI is InChI=1S/C19H21N3/c1-14-9-10-16(11-15(14)2)19-17(12-20-3)13-22(21-19)18-7-5-4-6-8-18/h4-11,13,20H,12H2,1-3H3. The molecule has 0 unspecified atom stereocenters. The quantitative estimate of drug-likeness (QED) is 0.790. The maximum Gasteiger partial charge on any atom is 0.0972 e. The average molecular weight is 291 g/mol. The van der Waals surface area contributed by atoms with Crippen LogP contribution in [-0.2, 0) is 6.54 Å². The maximum atomic E-state index is 4.82. The first-order valence-corrected chi connectivity index (χ1v) is 7.55. The Labute approximate surface area is 131 Å². The van der Waals surface area contributed by atoms with Crippen LogP contribution in [0.5, 0.6) is 0 Å². The van der Waals surface area contributed by atoms with Crippen LogP contribution in [0.15, 0.2) is 54.7 Å². The second-order valence-electron chi connectivity index (χ2n) is 5.61. The lowest BCUT2D eigenvalue weighted by Gasteiger charge is -2.05. The van der Waals surface area contributed by atoms with Gasteiger partial charge >= 0.3 is 0 Å². The summed E-state index contributed by atoms with van der Waals surface area (Å²) in [7, 11) is 1.96. The van der Waals surface area contributed by atoms with Gasteiger partial charge in [-0.1, -0.05) is 30.3 Å². The Morgan fingerprint density at radius 3 is 2.45 bits per heavy atom. The van der Waals surface area contributed by atoms with E-state index in [1.165, 1.54) is 22.3 Å². The van der Waals surface area contributed by atoms with Crippen molar-refractivity contribution in [3.05, 3.63) is 71.4 Å². The Morgan fingerprint density at radius 2 is 1.77 bits per heavy atom. The Bertz CT molecular complexity index is 773. The average Bonchev–Trinajstić information content (AvgIpc) is 2.95. The molecule has 3 aromatic rings. The molecule has 3 heteroatoms. The summed E-state index contributed by atoms with van der Waals surface area (Å²) >= 11 is 0. The van der Waals surface area contributed by atoms with Crippen LogP contribution in [0.2, 0.25) is 0 Å². The molecule has 0 aliphatic heterocycles. The van der Waals surface area contributed by atoms with E-state index in [0.29, 0.717) is 0 Å². The van der Waals surface area contributed by atoms with E-state index in [1.807, 2.05) is 29.9 Å². The molecule has 0 atom stereocenters. The predicted molar refractivity (Wildman–Crippen MR) is 91.2 cm³/mol. The second-order valence-corrected chi connectivity index (χ2v) is 5.61. The summed E-state index contributed by atoms with van der Waals surface area (Å²) in [5.74, 6) is 0. The fraction of sp³-hybridized carbons (Fsp3) is 0.211. The minimum Gasteiger partial charge on any atom is -0.316 e. The topological polar surface area (TPSA) is 29.9 Å². The van der Waals surface area contributed by atoms with Gasteiger partial charge in [-0.25, -0.2) is 4.68 Å². The normalized spacial score (nSPS) is 10.9. The molecule has 1 heterocycles. The molecule has 22 heavy (non-hydrogen) atoms. The van der Waals surface area contributed by atoms with Gasteiger partial charge in [0.2, 0.25) is 0 Å². The molecule has 0 fully saturated rings. The number of benzene rings is 2. The summed E-state index contributed by atoms with van der Waals surface area (Å²) in [6.07, 6.45) is 2.11. The first-order chi connectivity index (χ1) is 10.7. The lowest BCUT2D eigenvalue weighted by molar-refractivity contribution is 0.817. The summed E-state index contributed by atoms with van der Waals surface area (Å²) in [6.45, 7) is 5.08. The summed E-state index contributed by atoms with van der Waals surface area (Å²) < 4.78 is 1.96. The third-order valence-corrected chi connectivity index (χ3v) is 3.96. The van der Waals surface area contributed by atoms with E-state index in [4.69, 9.17) is 5.10 Å². The van der Waals surface area contributed by atoms with E-state index in [0.717, 1.165) is 17.9 Å². The van der Waals surface area contributed by atoms with Crippen molar-refractivity contribution in [2.24, 2.45) is 0 Å². The van der Waals surface area contributed by atoms with Gasteiger partial charge in [-0.2, -0.15) is 5.10 Å². The Morgan fingerprint density at radius 1 is 1.00 bits per heavy atom. The molecule has 3 nitrogen and oxygen atoms in total. The molecule has 0 saturated carbocycles. The molecule has 0 saturated heterocycles. The number of para-hydroxylation sites is 1. The van der Waals surface area contributed by atoms with Gasteiger partial charge in [-0.15, -0.1) is 0 Å². The number of rotatable bonds is 4. The van der Waals surface area contributed by atoms with Crippen LogP contribution in [0.1, 0.15) is 16.7 Å². The highest BCUT2D eigenvalue weighted by molar-refractivity contribution is 5.64. The number of hydrogen-bond donors (Lipinski definition) is 1. The van der Waals surface area contributed by atoms with Gasteiger partial charge in [-0.05, 0) is 50.2 Å². The van der Waals surface area contributed by atoms with Crippen LogP contribution in [-0.4, -0.2) is 16.8 Å². The molecule has 3 rings (SSSR count). The third-order valence-electron chi connectivity index (χ3n) is 3.96. The van der Waals surface area contributed by atoms with E-state index in [9.17, 15) is 0 Å². The van der Waals surface area contributed by atoms with Gasteiger partial charge in [0.1, 0.15) is 0 Å². The molecule has 0 spiro atoms. The number of nitrogens with zero attached hydrogens (tertiary/aromatic N) is 2. The van der Waals surface area contributed by atoms with Crippen LogP contribution in [0.25, 0.3) is 16.9 Å². The molecular formula is C19H21N3. The zero-order valence-electron chi connectivity index (χ0n) is 13.3. The van der Waals surface area contributed by atoms with E-state index in [2.05, 4.69) is 55.7 Å². The molecule has 1 N–H and O–H groups in total. The molecule has 0 bridgehead atoms. The summed E-state index contributed by atoms with van der Waals surface area (Å²) in [5, 5.41) is 8.05. The van der Waals surface area contributed by atoms with Gasteiger partial charge < -0.3 is 5.32 Å². The molecule has 0 radical (unpaired) electrons. The van der Waals surface area contributed by atoms with Gasteiger partial charge in [0.25, 0.3) is 0 Å². The van der Waals surface area contributed by atoms with Crippen LogP contribution in [0, 0.1) is 13.8 Å². The first kappa shape index (κ1) is 14.5. The van der Waals surface area contributed by atoms with Gasteiger partial charge in [0, 0.05) is 23.9 Å². The van der Waals surface area contributed by atoms with Crippen LogP contribution < -0.4 is 5.32 Å². The summed E-state index contributed by atoms with van der Waals surface area (Å²) in [6, 6.07) is 16.8. The van der Waals surface area contributed by atoms with Crippen molar-refractivity contribution in [3.8, 4) is 16.9 Å². The van der Waals surface area contributed by atoms with E-state index in [-0.39, 0.29) is 0 Å². The van der Waals surface area contributed by atoms with Crippen LogP contribution >= 0.6 is 0 Å².